The molecule has 0 saturated heterocycles. The minimum Gasteiger partial charge on any atom is -0.478 e. The number of likely N-dealkylation sites (N-methyl/N-ethyl adjacent to an activating group) is 1. The lowest BCUT2D eigenvalue weighted by atomic mass is 10.2. The van der Waals surface area contributed by atoms with Gasteiger partial charge >= 0.3 is 5.97 Å². The molecule has 0 fully saturated rings. The Balaban J connectivity index is 3.03. The van der Waals surface area contributed by atoms with E-state index in [4.69, 9.17) is 16.7 Å². The summed E-state index contributed by atoms with van der Waals surface area (Å²) in [5.74, 6) is -1.01. The van der Waals surface area contributed by atoms with Crippen LogP contribution in [-0.4, -0.2) is 24.2 Å². The second kappa shape index (κ2) is 5.56. The van der Waals surface area contributed by atoms with E-state index in [0.717, 1.165) is 12.2 Å². The van der Waals surface area contributed by atoms with E-state index < -0.39 is 5.97 Å². The third-order valence-electron chi connectivity index (χ3n) is 2.28. The van der Waals surface area contributed by atoms with Gasteiger partial charge in [0.2, 0.25) is 0 Å². The van der Waals surface area contributed by atoms with Gasteiger partial charge in [-0.1, -0.05) is 17.7 Å². The molecule has 1 aromatic rings. The SMILES string of the molecule is C=CCN(CC)c1ccc(C(=O)O)c(Cl)c1. The van der Waals surface area contributed by atoms with Crippen molar-refractivity contribution < 1.29 is 9.90 Å². The summed E-state index contributed by atoms with van der Waals surface area (Å²) in [6, 6.07) is 4.94. The molecule has 1 aromatic carbocycles. The molecule has 0 amide bonds. The molecule has 0 aromatic heterocycles. The molecule has 4 heteroatoms. The lowest BCUT2D eigenvalue weighted by molar-refractivity contribution is 0.0697. The Hall–Kier alpha value is -1.48. The first-order valence-electron chi connectivity index (χ1n) is 4.98. The lowest BCUT2D eigenvalue weighted by Gasteiger charge is -2.21. The number of benzene rings is 1. The van der Waals surface area contributed by atoms with Gasteiger partial charge in [0.25, 0.3) is 0 Å². The minimum atomic E-state index is -1.01. The maximum absolute atomic E-state index is 10.8. The maximum Gasteiger partial charge on any atom is 0.337 e. The maximum atomic E-state index is 10.8. The number of rotatable bonds is 5. The zero-order chi connectivity index (χ0) is 12.1. The largest absolute Gasteiger partial charge is 0.478 e. The fourth-order valence-corrected chi connectivity index (χ4v) is 1.70. The van der Waals surface area contributed by atoms with Crippen LogP contribution in [0.3, 0.4) is 0 Å². The molecule has 16 heavy (non-hydrogen) atoms. The Morgan fingerprint density at radius 1 is 1.62 bits per heavy atom. The summed E-state index contributed by atoms with van der Waals surface area (Å²) in [5.41, 5.74) is 1.03. The van der Waals surface area contributed by atoms with Gasteiger partial charge in [0, 0.05) is 18.8 Å². The van der Waals surface area contributed by atoms with Crippen molar-refractivity contribution in [3.05, 3.63) is 41.4 Å². The zero-order valence-electron chi connectivity index (χ0n) is 9.11. The average molecular weight is 240 g/mol. The van der Waals surface area contributed by atoms with Crippen LogP contribution < -0.4 is 4.90 Å². The van der Waals surface area contributed by atoms with Crippen molar-refractivity contribution in [2.75, 3.05) is 18.0 Å². The van der Waals surface area contributed by atoms with Crippen LogP contribution in [0.25, 0.3) is 0 Å². The highest BCUT2D eigenvalue weighted by atomic mass is 35.5. The Bertz CT molecular complexity index is 404. The first kappa shape index (κ1) is 12.6. The number of hydrogen-bond donors (Lipinski definition) is 1. The van der Waals surface area contributed by atoms with Crippen LogP contribution >= 0.6 is 11.6 Å². The number of carboxylic acid groups (broad SMARTS) is 1. The van der Waals surface area contributed by atoms with Gasteiger partial charge in [-0.3, -0.25) is 0 Å². The Kier molecular flexibility index (Phi) is 4.38. The number of aromatic carboxylic acids is 1. The van der Waals surface area contributed by atoms with E-state index >= 15 is 0 Å². The summed E-state index contributed by atoms with van der Waals surface area (Å²) in [7, 11) is 0. The molecule has 0 aliphatic heterocycles. The Morgan fingerprint density at radius 3 is 2.75 bits per heavy atom. The van der Waals surface area contributed by atoms with Crippen LogP contribution in [0.1, 0.15) is 17.3 Å². The molecule has 0 saturated carbocycles. The van der Waals surface area contributed by atoms with Gasteiger partial charge < -0.3 is 10.0 Å². The van der Waals surface area contributed by atoms with Gasteiger partial charge in [-0.25, -0.2) is 4.79 Å². The number of anilines is 1. The molecule has 3 nitrogen and oxygen atoms in total. The number of hydrogen-bond acceptors (Lipinski definition) is 2. The topological polar surface area (TPSA) is 40.5 Å². The van der Waals surface area contributed by atoms with Crippen molar-refractivity contribution in [2.45, 2.75) is 6.92 Å². The van der Waals surface area contributed by atoms with Crippen LogP contribution in [0.4, 0.5) is 5.69 Å². The number of nitrogens with zero attached hydrogens (tertiary/aromatic N) is 1. The normalized spacial score (nSPS) is 9.88. The standard InChI is InChI=1S/C12H14ClNO2/c1-3-7-14(4-2)9-5-6-10(12(15)16)11(13)8-9/h3,5-6,8H,1,4,7H2,2H3,(H,15,16). The number of halogens is 1. The van der Waals surface area contributed by atoms with Crippen LogP contribution in [-0.2, 0) is 0 Å². The van der Waals surface area contributed by atoms with Gasteiger partial charge in [0.05, 0.1) is 10.6 Å². The summed E-state index contributed by atoms with van der Waals surface area (Å²) >= 11 is 5.89. The number of carboxylic acids is 1. The highest BCUT2D eigenvalue weighted by molar-refractivity contribution is 6.33. The third-order valence-corrected chi connectivity index (χ3v) is 2.59. The molecular formula is C12H14ClNO2. The van der Waals surface area contributed by atoms with Gasteiger partial charge in [0.1, 0.15) is 0 Å². The van der Waals surface area contributed by atoms with Crippen molar-refractivity contribution in [3.8, 4) is 0 Å². The quantitative estimate of drug-likeness (QED) is 0.803. The highest BCUT2D eigenvalue weighted by Crippen LogP contribution is 2.23. The summed E-state index contributed by atoms with van der Waals surface area (Å²) in [4.78, 5) is 12.8. The van der Waals surface area contributed by atoms with E-state index in [1.807, 2.05) is 11.8 Å². The molecule has 0 radical (unpaired) electrons. The van der Waals surface area contributed by atoms with Crippen LogP contribution in [0, 0.1) is 0 Å². The molecule has 0 spiro atoms. The minimum absolute atomic E-state index is 0.125. The summed E-state index contributed by atoms with van der Waals surface area (Å²) < 4.78 is 0. The molecule has 86 valence electrons. The van der Waals surface area contributed by atoms with Crippen molar-refractivity contribution >= 4 is 23.3 Å². The van der Waals surface area contributed by atoms with E-state index in [1.54, 1.807) is 18.2 Å². The molecule has 1 N–H and O–H groups in total. The summed E-state index contributed by atoms with van der Waals surface area (Å²) in [6.07, 6.45) is 1.79. The van der Waals surface area contributed by atoms with E-state index in [0.29, 0.717) is 6.54 Å². The van der Waals surface area contributed by atoms with Crippen LogP contribution in [0.2, 0.25) is 5.02 Å². The second-order valence-corrected chi connectivity index (χ2v) is 3.70. The van der Waals surface area contributed by atoms with Crippen LogP contribution in [0.15, 0.2) is 30.9 Å². The third kappa shape index (κ3) is 2.76. The van der Waals surface area contributed by atoms with Gasteiger partial charge in [-0.15, -0.1) is 6.58 Å². The smallest absolute Gasteiger partial charge is 0.337 e. The van der Waals surface area contributed by atoms with E-state index in [1.165, 1.54) is 6.07 Å². The predicted molar refractivity (Wildman–Crippen MR) is 66.5 cm³/mol. The monoisotopic (exact) mass is 239 g/mol. The van der Waals surface area contributed by atoms with Crippen molar-refractivity contribution in [1.29, 1.82) is 0 Å². The van der Waals surface area contributed by atoms with Crippen molar-refractivity contribution in [3.63, 3.8) is 0 Å². The molecule has 0 aliphatic rings. The molecule has 0 aliphatic carbocycles. The fraction of sp³-hybridized carbons (Fsp3) is 0.250. The van der Waals surface area contributed by atoms with Gasteiger partial charge in [-0.05, 0) is 25.1 Å². The van der Waals surface area contributed by atoms with Gasteiger partial charge in [0.15, 0.2) is 0 Å². The van der Waals surface area contributed by atoms with Gasteiger partial charge in [-0.2, -0.15) is 0 Å². The molecule has 0 bridgehead atoms. The Labute approximate surface area is 100.0 Å². The summed E-state index contributed by atoms with van der Waals surface area (Å²) in [6.45, 7) is 7.21. The highest BCUT2D eigenvalue weighted by Gasteiger charge is 2.10. The number of carbonyl (C=O) groups is 1. The van der Waals surface area contributed by atoms with E-state index in [-0.39, 0.29) is 10.6 Å². The Morgan fingerprint density at radius 2 is 2.31 bits per heavy atom. The fourth-order valence-electron chi connectivity index (χ4n) is 1.45. The molecule has 0 unspecified atom stereocenters. The van der Waals surface area contributed by atoms with Crippen LogP contribution in [0.5, 0.6) is 0 Å². The van der Waals surface area contributed by atoms with E-state index in [9.17, 15) is 4.79 Å². The van der Waals surface area contributed by atoms with Crippen molar-refractivity contribution in [2.24, 2.45) is 0 Å². The zero-order valence-corrected chi connectivity index (χ0v) is 9.87. The molecular weight excluding hydrogens is 226 g/mol. The van der Waals surface area contributed by atoms with Crippen molar-refractivity contribution in [1.82, 2.24) is 0 Å². The van der Waals surface area contributed by atoms with E-state index in [2.05, 4.69) is 6.58 Å². The first-order valence-corrected chi connectivity index (χ1v) is 5.36. The second-order valence-electron chi connectivity index (χ2n) is 3.30. The molecule has 0 atom stereocenters. The summed E-state index contributed by atoms with van der Waals surface area (Å²) in [5, 5.41) is 9.10. The molecule has 0 heterocycles. The molecule has 1 rings (SSSR count). The predicted octanol–water partition coefficient (Wildman–Crippen LogP) is 3.05. The first-order chi connectivity index (χ1) is 7.60. The average Bonchev–Trinajstić information content (AvgIpc) is 2.25. The lowest BCUT2D eigenvalue weighted by Crippen LogP contribution is -2.22.